The number of benzene rings is 2. The van der Waals surface area contributed by atoms with Crippen molar-refractivity contribution >= 4 is 52.0 Å². The number of carbonyl (C=O) groups excluding carboxylic acids is 2. The minimum absolute atomic E-state index is 0.0619. The van der Waals surface area contributed by atoms with Crippen molar-refractivity contribution in [1.29, 1.82) is 0 Å². The van der Waals surface area contributed by atoms with Gasteiger partial charge in [-0.1, -0.05) is 41.4 Å². The number of nitrogens with one attached hydrogen (secondary N) is 3. The van der Waals surface area contributed by atoms with Crippen molar-refractivity contribution in [3.05, 3.63) is 68.6 Å². The average molecular weight is 451 g/mol. The lowest BCUT2D eigenvalue weighted by Gasteiger charge is -2.16. The quantitative estimate of drug-likeness (QED) is 0.434. The molecule has 0 aliphatic carbocycles. The molecule has 11 heteroatoms. The lowest BCUT2D eigenvalue weighted by molar-refractivity contribution is -0.139. The third-order valence-electron chi connectivity index (χ3n) is 4.28. The summed E-state index contributed by atoms with van der Waals surface area (Å²) in [6, 6.07) is 9.83. The standard InChI is InChI=1S/C19H16Cl2N4O5/c20-10-4-3-5-11(21)16(10)17(27)23-13(18(28)29)8-22-15(26)9-25-14-7-2-1-6-12(14)24-19(25)30/h1-7,13H,8-9H2,(H,22,26)(H,23,27)(H,24,30)(H,28,29)/t13-/m0/s1. The molecule has 0 saturated carbocycles. The molecule has 0 radical (unpaired) electrons. The van der Waals surface area contributed by atoms with Gasteiger partial charge in [-0.25, -0.2) is 9.59 Å². The maximum absolute atomic E-state index is 12.4. The van der Waals surface area contributed by atoms with Gasteiger partial charge in [0.2, 0.25) is 5.91 Å². The summed E-state index contributed by atoms with van der Waals surface area (Å²) < 4.78 is 1.22. The summed E-state index contributed by atoms with van der Waals surface area (Å²) in [6.07, 6.45) is 0. The van der Waals surface area contributed by atoms with Crippen LogP contribution in [-0.4, -0.2) is 45.0 Å². The van der Waals surface area contributed by atoms with Crippen molar-refractivity contribution in [3.8, 4) is 0 Å². The van der Waals surface area contributed by atoms with Crippen LogP contribution in [0.2, 0.25) is 10.0 Å². The van der Waals surface area contributed by atoms with Crippen LogP contribution in [-0.2, 0) is 16.1 Å². The summed E-state index contributed by atoms with van der Waals surface area (Å²) in [5.74, 6) is -2.76. The number of amides is 2. The van der Waals surface area contributed by atoms with Gasteiger partial charge in [0.25, 0.3) is 5.91 Å². The number of hydrogen-bond acceptors (Lipinski definition) is 4. The summed E-state index contributed by atoms with van der Waals surface area (Å²) in [6.45, 7) is -0.724. The first-order valence-electron chi connectivity index (χ1n) is 8.70. The molecule has 3 rings (SSSR count). The molecule has 0 aliphatic heterocycles. The summed E-state index contributed by atoms with van der Waals surface area (Å²) in [5, 5.41) is 14.2. The third-order valence-corrected chi connectivity index (χ3v) is 4.91. The van der Waals surface area contributed by atoms with Gasteiger partial charge in [-0.15, -0.1) is 0 Å². The maximum atomic E-state index is 12.4. The fourth-order valence-electron chi connectivity index (χ4n) is 2.82. The molecule has 30 heavy (non-hydrogen) atoms. The van der Waals surface area contributed by atoms with Gasteiger partial charge in [0.15, 0.2) is 0 Å². The number of fused-ring (bicyclic) bond motifs is 1. The van der Waals surface area contributed by atoms with E-state index in [0.29, 0.717) is 11.0 Å². The summed E-state index contributed by atoms with van der Waals surface area (Å²) in [7, 11) is 0. The fourth-order valence-corrected chi connectivity index (χ4v) is 3.39. The summed E-state index contributed by atoms with van der Waals surface area (Å²) in [5.41, 5.74) is 0.572. The number of para-hydroxylation sites is 2. The first-order valence-corrected chi connectivity index (χ1v) is 9.45. The zero-order chi connectivity index (χ0) is 21.8. The van der Waals surface area contributed by atoms with Gasteiger partial charge < -0.3 is 20.7 Å². The number of halogens is 2. The fraction of sp³-hybridized carbons (Fsp3) is 0.158. The molecule has 0 bridgehead atoms. The SMILES string of the molecule is O=C(Cn1c(=O)[nH]c2ccccc21)NC[C@H](NC(=O)c1c(Cl)cccc1Cl)C(=O)O. The van der Waals surface area contributed by atoms with E-state index in [4.69, 9.17) is 23.2 Å². The number of H-pyrrole nitrogens is 1. The van der Waals surface area contributed by atoms with Crippen LogP contribution < -0.4 is 16.3 Å². The molecule has 2 aromatic carbocycles. The van der Waals surface area contributed by atoms with Crippen molar-refractivity contribution in [2.45, 2.75) is 12.6 Å². The van der Waals surface area contributed by atoms with Crippen molar-refractivity contribution in [2.24, 2.45) is 0 Å². The first-order chi connectivity index (χ1) is 14.3. The van der Waals surface area contributed by atoms with Crippen LogP contribution in [0.25, 0.3) is 11.0 Å². The highest BCUT2D eigenvalue weighted by molar-refractivity contribution is 6.39. The number of aliphatic carboxylic acids is 1. The van der Waals surface area contributed by atoms with E-state index in [1.165, 1.54) is 16.7 Å². The van der Waals surface area contributed by atoms with E-state index in [0.717, 1.165) is 0 Å². The Balaban J connectivity index is 1.66. The number of carboxylic acids is 1. The van der Waals surface area contributed by atoms with Crippen LogP contribution >= 0.6 is 23.2 Å². The summed E-state index contributed by atoms with van der Waals surface area (Å²) >= 11 is 11.9. The Labute approximate surface area is 179 Å². The topological polar surface area (TPSA) is 133 Å². The summed E-state index contributed by atoms with van der Waals surface area (Å²) in [4.78, 5) is 50.8. The van der Waals surface area contributed by atoms with Crippen molar-refractivity contribution in [1.82, 2.24) is 20.2 Å². The average Bonchev–Trinajstić information content (AvgIpc) is 3.00. The predicted octanol–water partition coefficient (Wildman–Crippen LogP) is 1.64. The van der Waals surface area contributed by atoms with Gasteiger partial charge in [0.1, 0.15) is 12.6 Å². The van der Waals surface area contributed by atoms with Crippen molar-refractivity contribution in [2.75, 3.05) is 6.54 Å². The number of hydrogen-bond donors (Lipinski definition) is 4. The van der Waals surface area contributed by atoms with Gasteiger partial charge in [-0.05, 0) is 24.3 Å². The Morgan fingerprint density at radius 3 is 2.40 bits per heavy atom. The molecule has 0 unspecified atom stereocenters. The molecule has 1 atom stereocenters. The lowest BCUT2D eigenvalue weighted by atomic mass is 10.2. The molecule has 156 valence electrons. The van der Waals surface area contributed by atoms with Gasteiger partial charge in [0.05, 0.1) is 26.6 Å². The van der Waals surface area contributed by atoms with Crippen LogP contribution in [0.3, 0.4) is 0 Å². The number of aromatic amines is 1. The second-order valence-corrected chi connectivity index (χ2v) is 7.11. The van der Waals surface area contributed by atoms with E-state index in [2.05, 4.69) is 15.6 Å². The molecule has 2 amide bonds. The highest BCUT2D eigenvalue weighted by atomic mass is 35.5. The number of nitrogens with zero attached hydrogens (tertiary/aromatic N) is 1. The monoisotopic (exact) mass is 450 g/mol. The zero-order valence-corrected chi connectivity index (χ0v) is 16.8. The van der Waals surface area contributed by atoms with Gasteiger partial charge in [-0.3, -0.25) is 14.2 Å². The van der Waals surface area contributed by atoms with E-state index in [9.17, 15) is 24.3 Å². The van der Waals surface area contributed by atoms with Crippen LogP contribution in [0, 0.1) is 0 Å². The molecular formula is C19H16Cl2N4O5. The number of aromatic nitrogens is 2. The first kappa shape index (κ1) is 21.4. The lowest BCUT2D eigenvalue weighted by Crippen LogP contribution is -2.49. The molecule has 0 aliphatic rings. The van der Waals surface area contributed by atoms with Crippen LogP contribution in [0.5, 0.6) is 0 Å². The molecule has 0 spiro atoms. The van der Waals surface area contributed by atoms with Crippen LogP contribution in [0.1, 0.15) is 10.4 Å². The molecule has 4 N–H and O–H groups in total. The molecular weight excluding hydrogens is 435 g/mol. The highest BCUT2D eigenvalue weighted by Gasteiger charge is 2.24. The molecule has 0 saturated heterocycles. The highest BCUT2D eigenvalue weighted by Crippen LogP contribution is 2.24. The van der Waals surface area contributed by atoms with Crippen LogP contribution in [0.15, 0.2) is 47.3 Å². The van der Waals surface area contributed by atoms with Gasteiger partial charge >= 0.3 is 11.7 Å². The second-order valence-electron chi connectivity index (χ2n) is 6.30. The molecule has 0 fully saturated rings. The molecule has 9 nitrogen and oxygen atoms in total. The van der Waals surface area contributed by atoms with E-state index < -0.39 is 36.1 Å². The molecule has 1 heterocycles. The number of carbonyl (C=O) groups is 3. The second kappa shape index (κ2) is 9.02. The van der Waals surface area contributed by atoms with Crippen molar-refractivity contribution < 1.29 is 19.5 Å². The number of rotatable bonds is 7. The normalized spacial score (nSPS) is 11.8. The molecule has 3 aromatic rings. The number of carboxylic acid groups (broad SMARTS) is 1. The Morgan fingerprint density at radius 1 is 1.07 bits per heavy atom. The van der Waals surface area contributed by atoms with Gasteiger partial charge in [0, 0.05) is 6.54 Å². The predicted molar refractivity (Wildman–Crippen MR) is 111 cm³/mol. The minimum atomic E-state index is -1.44. The zero-order valence-electron chi connectivity index (χ0n) is 15.3. The van der Waals surface area contributed by atoms with E-state index in [1.54, 1.807) is 30.3 Å². The molecule has 1 aromatic heterocycles. The maximum Gasteiger partial charge on any atom is 0.328 e. The van der Waals surface area contributed by atoms with Gasteiger partial charge in [-0.2, -0.15) is 0 Å². The number of imidazole rings is 1. The van der Waals surface area contributed by atoms with Crippen LogP contribution in [0.4, 0.5) is 0 Å². The van der Waals surface area contributed by atoms with E-state index >= 15 is 0 Å². The Morgan fingerprint density at radius 2 is 1.73 bits per heavy atom. The largest absolute Gasteiger partial charge is 0.480 e. The minimum Gasteiger partial charge on any atom is -0.480 e. The Bertz CT molecular complexity index is 1170. The van der Waals surface area contributed by atoms with E-state index in [-0.39, 0.29) is 22.2 Å². The Hall–Kier alpha value is -3.30. The van der Waals surface area contributed by atoms with E-state index in [1.807, 2.05) is 0 Å². The third kappa shape index (κ3) is 4.64. The van der Waals surface area contributed by atoms with Crippen molar-refractivity contribution in [3.63, 3.8) is 0 Å². The Kier molecular flexibility index (Phi) is 6.43. The smallest absolute Gasteiger partial charge is 0.328 e.